The predicted molar refractivity (Wildman–Crippen MR) is 53.5 cm³/mol. The molecule has 5 nitrogen and oxygen atoms in total. The van der Waals surface area contributed by atoms with E-state index in [1.165, 1.54) is 0 Å². The number of carboxylic acids is 1. The molecule has 0 aromatic rings. The maximum atomic E-state index is 11.1. The van der Waals surface area contributed by atoms with Crippen LogP contribution in [-0.4, -0.2) is 35.9 Å². The van der Waals surface area contributed by atoms with Crippen LogP contribution in [0.3, 0.4) is 0 Å². The molecular weight excluding hydrogens is 200 g/mol. The summed E-state index contributed by atoms with van der Waals surface area (Å²) >= 11 is 0. The smallest absolute Gasteiger partial charge is 0.332 e. The second-order valence-corrected chi connectivity index (χ2v) is 4.14. The van der Waals surface area contributed by atoms with Crippen LogP contribution in [-0.2, 0) is 19.1 Å². The van der Waals surface area contributed by atoms with Gasteiger partial charge < -0.3 is 14.6 Å². The molecule has 0 aromatic carbocycles. The molecule has 0 saturated carbocycles. The van der Waals surface area contributed by atoms with E-state index in [0.717, 1.165) is 0 Å². The van der Waals surface area contributed by atoms with Gasteiger partial charge in [-0.25, -0.2) is 4.79 Å². The predicted octanol–water partition coefficient (Wildman–Crippen LogP) is 1.21. The molecule has 0 saturated heterocycles. The molecule has 0 bridgehead atoms. The van der Waals surface area contributed by atoms with Gasteiger partial charge in [-0.2, -0.15) is 0 Å². The van der Waals surface area contributed by atoms with E-state index in [1.807, 2.05) is 0 Å². The average molecular weight is 218 g/mol. The number of esters is 1. The highest BCUT2D eigenvalue weighted by atomic mass is 16.6. The van der Waals surface area contributed by atoms with Crippen molar-refractivity contribution in [2.75, 3.05) is 13.2 Å². The highest BCUT2D eigenvalue weighted by molar-refractivity contribution is 5.71. The van der Waals surface area contributed by atoms with Crippen LogP contribution in [0.1, 0.15) is 33.6 Å². The Morgan fingerprint density at radius 3 is 2.33 bits per heavy atom. The van der Waals surface area contributed by atoms with Crippen molar-refractivity contribution < 1.29 is 24.2 Å². The minimum Gasteiger partial charge on any atom is -0.481 e. The number of carbonyl (C=O) groups excluding carboxylic acids is 1. The summed E-state index contributed by atoms with van der Waals surface area (Å²) in [4.78, 5) is 21.2. The van der Waals surface area contributed by atoms with Crippen LogP contribution < -0.4 is 0 Å². The fourth-order valence-corrected chi connectivity index (χ4v) is 0.852. The molecule has 15 heavy (non-hydrogen) atoms. The molecule has 5 heteroatoms. The first kappa shape index (κ1) is 13.9. The van der Waals surface area contributed by atoms with Crippen LogP contribution in [0.2, 0.25) is 0 Å². The van der Waals surface area contributed by atoms with E-state index >= 15 is 0 Å². The molecule has 0 aliphatic heterocycles. The van der Waals surface area contributed by atoms with Gasteiger partial charge in [0.25, 0.3) is 0 Å². The Labute approximate surface area is 89.4 Å². The molecule has 1 N–H and O–H groups in total. The number of rotatable bonds is 6. The number of ether oxygens (including phenoxy) is 2. The zero-order valence-electron chi connectivity index (χ0n) is 9.41. The van der Waals surface area contributed by atoms with Gasteiger partial charge in [-0.1, -0.05) is 0 Å². The molecule has 0 aromatic heterocycles. The summed E-state index contributed by atoms with van der Waals surface area (Å²) in [7, 11) is 0. The number of carbonyl (C=O) groups is 2. The second-order valence-electron chi connectivity index (χ2n) is 4.14. The Morgan fingerprint density at radius 2 is 1.87 bits per heavy atom. The lowest BCUT2D eigenvalue weighted by molar-refractivity contribution is -0.160. The molecule has 0 aliphatic rings. The van der Waals surface area contributed by atoms with Gasteiger partial charge in [0.1, 0.15) is 12.2 Å². The largest absolute Gasteiger partial charge is 0.481 e. The Balaban J connectivity index is 3.44. The third-order valence-electron chi connectivity index (χ3n) is 1.32. The summed E-state index contributed by atoms with van der Waals surface area (Å²) in [6.45, 7) is 5.45. The molecule has 0 atom stereocenters. The van der Waals surface area contributed by atoms with E-state index in [2.05, 4.69) is 0 Å². The van der Waals surface area contributed by atoms with Crippen LogP contribution in [0, 0.1) is 0 Å². The molecule has 88 valence electrons. The summed E-state index contributed by atoms with van der Waals surface area (Å²) in [6.07, 6.45) is 0.451. The molecule has 0 heterocycles. The zero-order valence-corrected chi connectivity index (χ0v) is 9.41. The first-order valence-electron chi connectivity index (χ1n) is 4.82. The Morgan fingerprint density at radius 1 is 1.27 bits per heavy atom. The number of hydrogen-bond donors (Lipinski definition) is 1. The van der Waals surface area contributed by atoms with E-state index in [1.54, 1.807) is 20.8 Å². The monoisotopic (exact) mass is 218 g/mol. The van der Waals surface area contributed by atoms with Crippen LogP contribution in [0.15, 0.2) is 0 Å². The molecule has 0 aliphatic carbocycles. The fraction of sp³-hybridized carbons (Fsp3) is 0.800. The summed E-state index contributed by atoms with van der Waals surface area (Å²) in [5.74, 6) is -1.30. The van der Waals surface area contributed by atoms with Crippen molar-refractivity contribution in [3.05, 3.63) is 0 Å². The van der Waals surface area contributed by atoms with E-state index < -0.39 is 17.5 Å². The van der Waals surface area contributed by atoms with E-state index in [4.69, 9.17) is 14.6 Å². The molecule has 0 fully saturated rings. The topological polar surface area (TPSA) is 72.8 Å². The molecule has 0 unspecified atom stereocenters. The van der Waals surface area contributed by atoms with Crippen molar-refractivity contribution in [1.29, 1.82) is 0 Å². The van der Waals surface area contributed by atoms with Crippen molar-refractivity contribution in [2.45, 2.75) is 39.2 Å². The first-order chi connectivity index (χ1) is 6.81. The van der Waals surface area contributed by atoms with Gasteiger partial charge in [0.2, 0.25) is 0 Å². The van der Waals surface area contributed by atoms with Gasteiger partial charge in [-0.15, -0.1) is 0 Å². The van der Waals surface area contributed by atoms with Crippen LogP contribution in [0.25, 0.3) is 0 Å². The zero-order chi connectivity index (χ0) is 11.9. The standard InChI is InChI=1S/C10H18O5/c1-10(2,3)15-9(13)7-14-6-4-5-8(11)12/h4-7H2,1-3H3,(H,11,12). The van der Waals surface area contributed by atoms with Crippen molar-refractivity contribution in [2.24, 2.45) is 0 Å². The van der Waals surface area contributed by atoms with Crippen molar-refractivity contribution >= 4 is 11.9 Å². The van der Waals surface area contributed by atoms with Crippen LogP contribution >= 0.6 is 0 Å². The van der Waals surface area contributed by atoms with Crippen LogP contribution in [0.5, 0.6) is 0 Å². The lowest BCUT2D eigenvalue weighted by Gasteiger charge is -2.19. The minimum absolute atomic E-state index is 0.0499. The first-order valence-corrected chi connectivity index (χ1v) is 4.82. The normalized spacial score (nSPS) is 11.1. The maximum Gasteiger partial charge on any atom is 0.332 e. The third kappa shape index (κ3) is 10.8. The molecule has 0 amide bonds. The third-order valence-corrected chi connectivity index (χ3v) is 1.32. The quantitative estimate of drug-likeness (QED) is 0.536. The van der Waals surface area contributed by atoms with Gasteiger partial charge in [0, 0.05) is 13.0 Å². The summed E-state index contributed by atoms with van der Waals surface area (Å²) < 4.78 is 9.94. The van der Waals surface area contributed by atoms with E-state index in [0.29, 0.717) is 6.42 Å². The van der Waals surface area contributed by atoms with Crippen molar-refractivity contribution in [3.8, 4) is 0 Å². The number of hydrogen-bond acceptors (Lipinski definition) is 4. The van der Waals surface area contributed by atoms with Crippen molar-refractivity contribution in [1.82, 2.24) is 0 Å². The maximum absolute atomic E-state index is 11.1. The van der Waals surface area contributed by atoms with Gasteiger partial charge in [0.05, 0.1) is 0 Å². The Bertz CT molecular complexity index is 216. The second kappa shape index (κ2) is 6.40. The molecule has 0 radical (unpaired) electrons. The Hall–Kier alpha value is -1.10. The molecule has 0 rings (SSSR count). The lowest BCUT2D eigenvalue weighted by Crippen LogP contribution is -2.26. The van der Waals surface area contributed by atoms with Crippen LogP contribution in [0.4, 0.5) is 0 Å². The highest BCUT2D eigenvalue weighted by Crippen LogP contribution is 2.06. The average Bonchev–Trinajstić information content (AvgIpc) is 1.99. The van der Waals surface area contributed by atoms with Gasteiger partial charge >= 0.3 is 11.9 Å². The van der Waals surface area contributed by atoms with Gasteiger partial charge in [-0.3, -0.25) is 4.79 Å². The fourth-order valence-electron chi connectivity index (χ4n) is 0.852. The highest BCUT2D eigenvalue weighted by Gasteiger charge is 2.15. The lowest BCUT2D eigenvalue weighted by atomic mass is 10.2. The summed E-state index contributed by atoms with van der Waals surface area (Å²) in [5, 5.41) is 8.33. The summed E-state index contributed by atoms with van der Waals surface area (Å²) in [6, 6.07) is 0. The minimum atomic E-state index is -0.865. The number of aliphatic carboxylic acids is 1. The number of carboxylic acid groups (broad SMARTS) is 1. The SMILES string of the molecule is CC(C)(C)OC(=O)COCCCC(=O)O. The van der Waals surface area contributed by atoms with E-state index in [9.17, 15) is 9.59 Å². The molecular formula is C10H18O5. The molecule has 0 spiro atoms. The Kier molecular flexibility index (Phi) is 5.93. The van der Waals surface area contributed by atoms with E-state index in [-0.39, 0.29) is 19.6 Å². The summed E-state index contributed by atoms with van der Waals surface area (Å²) in [5.41, 5.74) is -0.512. The van der Waals surface area contributed by atoms with Gasteiger partial charge in [0.15, 0.2) is 0 Å². The van der Waals surface area contributed by atoms with Gasteiger partial charge in [-0.05, 0) is 27.2 Å². The van der Waals surface area contributed by atoms with Crippen molar-refractivity contribution in [3.63, 3.8) is 0 Å².